The molecule has 1 aromatic rings. The molecule has 0 fully saturated rings. The molecule has 0 spiro atoms. The predicted octanol–water partition coefficient (Wildman–Crippen LogP) is 1.09. The van der Waals surface area contributed by atoms with Crippen molar-refractivity contribution in [3.05, 3.63) is 22.3 Å². The molecule has 0 aromatic carbocycles. The minimum Gasteiger partial charge on any atom is -0.395 e. The molecule has 0 radical (unpaired) electrons. The molecule has 1 heterocycles. The topological polar surface area (TPSA) is 86.3 Å². The molecule has 4 N–H and O–H groups in total. The van der Waals surface area contributed by atoms with Gasteiger partial charge in [-0.05, 0) is 6.07 Å². The van der Waals surface area contributed by atoms with Crippen LogP contribution in [0.1, 0.15) is 0 Å². The zero-order valence-corrected chi connectivity index (χ0v) is 11.1. The van der Waals surface area contributed by atoms with Gasteiger partial charge >= 0.3 is 6.03 Å². The molecule has 18 heavy (non-hydrogen) atoms. The first-order valence-electron chi connectivity index (χ1n) is 5.31. The highest BCUT2D eigenvalue weighted by Gasteiger charge is 2.02. The van der Waals surface area contributed by atoms with Crippen molar-refractivity contribution in [1.82, 2.24) is 15.6 Å². The molecule has 0 aliphatic heterocycles. The van der Waals surface area contributed by atoms with Crippen molar-refractivity contribution in [1.29, 1.82) is 0 Å². The lowest BCUT2D eigenvalue weighted by Crippen LogP contribution is -2.39. The van der Waals surface area contributed by atoms with Crippen molar-refractivity contribution in [2.75, 3.05) is 31.6 Å². The lowest BCUT2D eigenvalue weighted by atomic mass is 10.4. The number of aliphatic hydroxyl groups excluding tert-OH is 1. The molecule has 0 saturated carbocycles. The van der Waals surface area contributed by atoms with Crippen LogP contribution in [-0.4, -0.2) is 42.4 Å². The maximum atomic E-state index is 11.1. The Hall–Kier alpha value is -1.24. The summed E-state index contributed by atoms with van der Waals surface area (Å²) in [6.45, 7) is 1.01. The first-order chi connectivity index (χ1) is 8.63. The van der Waals surface area contributed by atoms with Crippen LogP contribution < -0.4 is 16.0 Å². The maximum absolute atomic E-state index is 11.1. The second-order valence-corrected chi connectivity index (χ2v) is 4.16. The fraction of sp³-hybridized carbons (Fsp3) is 0.400. The average molecular weight is 293 g/mol. The van der Waals surface area contributed by atoms with Crippen LogP contribution >= 0.6 is 23.2 Å². The van der Waals surface area contributed by atoms with Gasteiger partial charge in [-0.15, -0.1) is 0 Å². The number of nitrogens with zero attached hydrogens (tertiary/aromatic N) is 1. The summed E-state index contributed by atoms with van der Waals surface area (Å²) in [4.78, 5) is 15.1. The van der Waals surface area contributed by atoms with E-state index < -0.39 is 0 Å². The Morgan fingerprint density at radius 2 is 2.00 bits per heavy atom. The number of amides is 2. The van der Waals surface area contributed by atoms with Gasteiger partial charge in [-0.1, -0.05) is 23.2 Å². The maximum Gasteiger partial charge on any atom is 0.314 e. The Balaban J connectivity index is 2.23. The van der Waals surface area contributed by atoms with Crippen LogP contribution in [0, 0.1) is 0 Å². The molecule has 0 bridgehead atoms. The van der Waals surface area contributed by atoms with E-state index in [1.54, 1.807) is 6.07 Å². The number of carbonyl (C=O) groups excluding carboxylic acids is 1. The Morgan fingerprint density at radius 1 is 1.28 bits per heavy atom. The summed E-state index contributed by atoms with van der Waals surface area (Å²) in [5.74, 6) is 0.513. The third kappa shape index (κ3) is 5.39. The fourth-order valence-electron chi connectivity index (χ4n) is 1.13. The molecule has 1 rings (SSSR count). The second-order valence-electron chi connectivity index (χ2n) is 3.32. The fourth-order valence-corrected chi connectivity index (χ4v) is 1.58. The number of halogens is 2. The van der Waals surface area contributed by atoms with Crippen LogP contribution in [0.25, 0.3) is 0 Å². The Morgan fingerprint density at radius 3 is 2.67 bits per heavy atom. The molecule has 0 unspecified atom stereocenters. The number of rotatable bonds is 6. The number of aliphatic hydroxyl groups is 1. The van der Waals surface area contributed by atoms with E-state index >= 15 is 0 Å². The number of hydrogen-bond donors (Lipinski definition) is 4. The Kier molecular flexibility index (Phi) is 6.56. The van der Waals surface area contributed by atoms with Gasteiger partial charge in [0.05, 0.1) is 16.7 Å². The number of nitrogens with one attached hydrogen (secondary N) is 3. The summed E-state index contributed by atoms with van der Waals surface area (Å²) < 4.78 is 0. The third-order valence-electron chi connectivity index (χ3n) is 1.91. The molecule has 8 heteroatoms. The second kappa shape index (κ2) is 7.97. The van der Waals surface area contributed by atoms with E-state index in [2.05, 4.69) is 20.9 Å². The van der Waals surface area contributed by atoms with Crippen molar-refractivity contribution >= 4 is 35.1 Å². The Labute approximate surface area is 115 Å². The van der Waals surface area contributed by atoms with Gasteiger partial charge in [0.2, 0.25) is 0 Å². The van der Waals surface area contributed by atoms with Gasteiger partial charge in [0, 0.05) is 25.8 Å². The van der Waals surface area contributed by atoms with E-state index in [0.717, 1.165) is 0 Å². The first kappa shape index (κ1) is 14.8. The van der Waals surface area contributed by atoms with Crippen LogP contribution in [-0.2, 0) is 0 Å². The van der Waals surface area contributed by atoms with E-state index in [1.807, 2.05) is 0 Å². The van der Waals surface area contributed by atoms with Gasteiger partial charge in [-0.2, -0.15) is 0 Å². The SMILES string of the molecule is O=C(NCCO)NCCNc1ncc(Cl)cc1Cl. The van der Waals surface area contributed by atoms with Crippen LogP contribution in [0.2, 0.25) is 10.0 Å². The molecule has 0 aliphatic carbocycles. The third-order valence-corrected chi connectivity index (χ3v) is 2.40. The van der Waals surface area contributed by atoms with Crippen molar-refractivity contribution in [2.24, 2.45) is 0 Å². The van der Waals surface area contributed by atoms with E-state index in [0.29, 0.717) is 29.0 Å². The van der Waals surface area contributed by atoms with E-state index in [4.69, 9.17) is 28.3 Å². The summed E-state index contributed by atoms with van der Waals surface area (Å²) in [5, 5.41) is 17.4. The molecule has 2 amide bonds. The smallest absolute Gasteiger partial charge is 0.314 e. The molecule has 1 aromatic heterocycles. The molecule has 0 atom stereocenters. The number of urea groups is 1. The summed E-state index contributed by atoms with van der Waals surface area (Å²) >= 11 is 11.6. The van der Waals surface area contributed by atoms with Crippen molar-refractivity contribution in [2.45, 2.75) is 0 Å². The highest BCUT2D eigenvalue weighted by Crippen LogP contribution is 2.21. The number of anilines is 1. The molecular formula is C10H14Cl2N4O2. The summed E-state index contributed by atoms with van der Waals surface area (Å²) in [6, 6.07) is 1.25. The van der Waals surface area contributed by atoms with Crippen LogP contribution in [0.3, 0.4) is 0 Å². The minimum absolute atomic E-state index is 0.0873. The van der Waals surface area contributed by atoms with Gasteiger partial charge in [0.25, 0.3) is 0 Å². The van der Waals surface area contributed by atoms with Gasteiger partial charge in [-0.25, -0.2) is 9.78 Å². The normalized spacial score (nSPS) is 9.94. The van der Waals surface area contributed by atoms with Gasteiger partial charge in [0.1, 0.15) is 5.82 Å². The molecular weight excluding hydrogens is 279 g/mol. The molecule has 0 saturated heterocycles. The lowest BCUT2D eigenvalue weighted by molar-refractivity contribution is 0.234. The number of aromatic nitrogens is 1. The summed E-state index contributed by atoms with van der Waals surface area (Å²) in [5.41, 5.74) is 0. The highest BCUT2D eigenvalue weighted by atomic mass is 35.5. The van der Waals surface area contributed by atoms with Crippen LogP contribution in [0.5, 0.6) is 0 Å². The number of pyridine rings is 1. The molecule has 100 valence electrons. The highest BCUT2D eigenvalue weighted by molar-refractivity contribution is 6.35. The van der Waals surface area contributed by atoms with Crippen LogP contribution in [0.4, 0.5) is 10.6 Å². The first-order valence-corrected chi connectivity index (χ1v) is 6.06. The van der Waals surface area contributed by atoms with Crippen molar-refractivity contribution < 1.29 is 9.90 Å². The minimum atomic E-state index is -0.332. The zero-order valence-electron chi connectivity index (χ0n) is 9.54. The van der Waals surface area contributed by atoms with E-state index in [1.165, 1.54) is 6.20 Å². The summed E-state index contributed by atoms with van der Waals surface area (Å²) in [6.07, 6.45) is 1.48. The summed E-state index contributed by atoms with van der Waals surface area (Å²) in [7, 11) is 0. The monoisotopic (exact) mass is 292 g/mol. The molecule has 6 nitrogen and oxygen atoms in total. The van der Waals surface area contributed by atoms with E-state index in [9.17, 15) is 4.79 Å². The van der Waals surface area contributed by atoms with Crippen molar-refractivity contribution in [3.63, 3.8) is 0 Å². The van der Waals surface area contributed by atoms with Crippen molar-refractivity contribution in [3.8, 4) is 0 Å². The number of carbonyl (C=O) groups is 1. The predicted molar refractivity (Wildman–Crippen MR) is 71.2 cm³/mol. The lowest BCUT2D eigenvalue weighted by Gasteiger charge is -2.09. The van der Waals surface area contributed by atoms with Gasteiger partial charge in [-0.3, -0.25) is 0 Å². The standard InChI is InChI=1S/C10H14Cl2N4O2/c11-7-5-8(12)9(16-6-7)13-1-2-14-10(18)15-3-4-17/h5-6,17H,1-4H2,(H,13,16)(H2,14,15,18). The van der Waals surface area contributed by atoms with E-state index in [-0.39, 0.29) is 19.2 Å². The Bertz CT molecular complexity index is 403. The largest absolute Gasteiger partial charge is 0.395 e. The average Bonchev–Trinajstić information content (AvgIpc) is 2.34. The number of hydrogen-bond acceptors (Lipinski definition) is 4. The quantitative estimate of drug-likeness (QED) is 0.591. The van der Waals surface area contributed by atoms with Crippen LogP contribution in [0.15, 0.2) is 12.3 Å². The van der Waals surface area contributed by atoms with Gasteiger partial charge < -0.3 is 21.1 Å². The molecule has 0 aliphatic rings. The zero-order chi connectivity index (χ0) is 13.4. The van der Waals surface area contributed by atoms with Gasteiger partial charge in [0.15, 0.2) is 0 Å².